The third-order valence-electron chi connectivity index (χ3n) is 7.06. The predicted molar refractivity (Wildman–Crippen MR) is 139 cm³/mol. The van der Waals surface area contributed by atoms with Crippen molar-refractivity contribution in [1.29, 1.82) is 0 Å². The molecule has 178 valence electrons. The van der Waals surface area contributed by atoms with Crippen molar-refractivity contribution in [3.63, 3.8) is 0 Å². The summed E-state index contributed by atoms with van der Waals surface area (Å²) in [6.45, 7) is 11.7. The molecule has 0 aliphatic carbocycles. The fourth-order valence-electron chi connectivity index (χ4n) is 5.28. The Morgan fingerprint density at radius 3 is 2.82 bits per heavy atom. The molecule has 2 saturated heterocycles. The van der Waals surface area contributed by atoms with Gasteiger partial charge in [-0.15, -0.1) is 0 Å². The summed E-state index contributed by atoms with van der Waals surface area (Å²) in [7, 11) is -1.12. The smallest absolute Gasteiger partial charge is 0.175 e. The second-order valence-corrected chi connectivity index (χ2v) is 17.1. The first-order chi connectivity index (χ1) is 15.9. The van der Waals surface area contributed by atoms with E-state index in [1.165, 1.54) is 49.3 Å². The Morgan fingerprint density at radius 1 is 1.18 bits per heavy atom. The minimum Gasteiger partial charge on any atom is -0.369 e. The van der Waals surface area contributed by atoms with Crippen LogP contribution in [0.2, 0.25) is 25.7 Å². The summed E-state index contributed by atoms with van der Waals surface area (Å²) < 4.78 is 12.8. The lowest BCUT2D eigenvalue weighted by molar-refractivity contribution is 0.0899. The standard InChI is InChI=1S/C24H36N6OSSi/c1-33(2,3)14-13-31-18-30-15-19(22-26-17-32-28-22)21-20(7-11-25-23(21)30)29-12-6-9-24(16-29)8-4-5-10-27-24/h7,11,15,17,27H,4-6,8-10,12-14,16,18H2,1-3H3/t24-/m0/s1. The fraction of sp³-hybridized carbons (Fsp3) is 0.625. The summed E-state index contributed by atoms with van der Waals surface area (Å²) in [5.74, 6) is 0.780. The summed E-state index contributed by atoms with van der Waals surface area (Å²) >= 11 is 1.39. The highest BCUT2D eigenvalue weighted by atomic mass is 32.1. The highest BCUT2D eigenvalue weighted by molar-refractivity contribution is 7.03. The molecule has 1 spiro atoms. The van der Waals surface area contributed by atoms with E-state index in [0.29, 0.717) is 6.73 Å². The molecule has 0 aromatic carbocycles. The van der Waals surface area contributed by atoms with Gasteiger partial charge in [-0.1, -0.05) is 26.1 Å². The minimum absolute atomic E-state index is 0.244. The number of rotatable bonds is 7. The lowest BCUT2D eigenvalue weighted by Gasteiger charge is -2.47. The molecule has 7 nitrogen and oxygen atoms in total. The zero-order valence-corrected chi connectivity index (χ0v) is 22.0. The SMILES string of the molecule is C[Si](C)(C)CCOCn1cc(-c2ncsn2)c2c(N3CCC[C@@]4(CCCCN4)C3)ccnc21. The van der Waals surface area contributed by atoms with E-state index < -0.39 is 8.07 Å². The lowest BCUT2D eigenvalue weighted by atomic mass is 9.81. The maximum atomic E-state index is 6.11. The van der Waals surface area contributed by atoms with E-state index in [-0.39, 0.29) is 5.54 Å². The molecule has 5 rings (SSSR count). The van der Waals surface area contributed by atoms with Crippen molar-refractivity contribution in [2.45, 2.75) is 70.1 Å². The molecular weight excluding hydrogens is 448 g/mol. The Bertz CT molecular complexity index is 1070. The van der Waals surface area contributed by atoms with Gasteiger partial charge < -0.3 is 19.5 Å². The molecule has 3 aromatic heterocycles. The van der Waals surface area contributed by atoms with Gasteiger partial charge in [-0.2, -0.15) is 4.37 Å². The van der Waals surface area contributed by atoms with Gasteiger partial charge in [-0.3, -0.25) is 0 Å². The Morgan fingerprint density at radius 2 is 2.06 bits per heavy atom. The normalized spacial score (nSPS) is 21.8. The van der Waals surface area contributed by atoms with Gasteiger partial charge in [0.15, 0.2) is 5.82 Å². The number of anilines is 1. The number of nitrogens with zero attached hydrogens (tertiary/aromatic N) is 5. The number of hydrogen-bond acceptors (Lipinski definition) is 7. The molecule has 5 heterocycles. The molecule has 1 N–H and O–H groups in total. The van der Waals surface area contributed by atoms with E-state index in [4.69, 9.17) is 9.72 Å². The molecule has 1 atom stereocenters. The topological polar surface area (TPSA) is 68.1 Å². The number of ether oxygens (including phenoxy) is 1. The van der Waals surface area contributed by atoms with Crippen LogP contribution in [0.1, 0.15) is 32.1 Å². The molecule has 2 fully saturated rings. The third kappa shape index (κ3) is 5.01. The summed E-state index contributed by atoms with van der Waals surface area (Å²) in [4.78, 5) is 11.9. The molecule has 0 unspecified atom stereocenters. The maximum Gasteiger partial charge on any atom is 0.175 e. The Labute approximate surface area is 201 Å². The Hall–Kier alpha value is -1.81. The first kappa shape index (κ1) is 23.0. The second kappa shape index (κ2) is 9.44. The van der Waals surface area contributed by atoms with Crippen LogP contribution in [0, 0.1) is 0 Å². The maximum absolute atomic E-state index is 6.11. The van der Waals surface area contributed by atoms with Crippen LogP contribution >= 0.6 is 11.5 Å². The van der Waals surface area contributed by atoms with Gasteiger partial charge in [-0.25, -0.2) is 9.97 Å². The lowest BCUT2D eigenvalue weighted by Crippen LogP contribution is -2.59. The van der Waals surface area contributed by atoms with Crippen molar-refractivity contribution in [2.24, 2.45) is 0 Å². The first-order valence-electron chi connectivity index (χ1n) is 12.3. The average molecular weight is 485 g/mol. The van der Waals surface area contributed by atoms with E-state index in [2.05, 4.69) is 56.0 Å². The van der Waals surface area contributed by atoms with Gasteiger partial charge >= 0.3 is 0 Å². The van der Waals surface area contributed by atoms with Crippen LogP contribution in [-0.2, 0) is 11.5 Å². The van der Waals surface area contributed by atoms with Crippen LogP contribution in [0.25, 0.3) is 22.4 Å². The van der Waals surface area contributed by atoms with Crippen molar-refractivity contribution < 1.29 is 4.74 Å². The van der Waals surface area contributed by atoms with E-state index in [1.807, 2.05) is 6.20 Å². The zero-order chi connectivity index (χ0) is 22.9. The first-order valence-corrected chi connectivity index (χ1v) is 16.8. The summed E-state index contributed by atoms with van der Waals surface area (Å²) in [6.07, 6.45) is 10.4. The van der Waals surface area contributed by atoms with Gasteiger partial charge in [0.2, 0.25) is 0 Å². The minimum atomic E-state index is -1.12. The predicted octanol–water partition coefficient (Wildman–Crippen LogP) is 4.98. The van der Waals surface area contributed by atoms with Crippen molar-refractivity contribution in [3.05, 3.63) is 24.0 Å². The molecule has 9 heteroatoms. The number of piperidine rings is 2. The van der Waals surface area contributed by atoms with Gasteiger partial charge in [0.1, 0.15) is 17.9 Å². The largest absolute Gasteiger partial charge is 0.369 e. The highest BCUT2D eigenvalue weighted by Gasteiger charge is 2.37. The van der Waals surface area contributed by atoms with E-state index in [9.17, 15) is 0 Å². The number of hydrogen-bond donors (Lipinski definition) is 1. The Kier molecular flexibility index (Phi) is 6.57. The van der Waals surface area contributed by atoms with Crippen LogP contribution in [0.4, 0.5) is 5.69 Å². The van der Waals surface area contributed by atoms with E-state index >= 15 is 0 Å². The fourth-order valence-corrected chi connectivity index (χ4v) is 6.47. The van der Waals surface area contributed by atoms with Crippen molar-refractivity contribution in [1.82, 2.24) is 24.2 Å². The van der Waals surface area contributed by atoms with Crippen LogP contribution in [-0.4, -0.2) is 58.8 Å². The molecule has 2 aliphatic heterocycles. The number of nitrogens with one attached hydrogen (secondary N) is 1. The molecule has 0 amide bonds. The van der Waals surface area contributed by atoms with Crippen molar-refractivity contribution in [2.75, 3.05) is 31.1 Å². The van der Waals surface area contributed by atoms with Crippen molar-refractivity contribution >= 4 is 36.3 Å². The van der Waals surface area contributed by atoms with E-state index in [0.717, 1.165) is 54.7 Å². The summed E-state index contributed by atoms with van der Waals surface area (Å²) in [5.41, 5.74) is 5.31. The quantitative estimate of drug-likeness (QED) is 0.377. The Balaban J connectivity index is 1.48. The molecule has 2 aliphatic rings. The number of pyridine rings is 1. The highest BCUT2D eigenvalue weighted by Crippen LogP contribution is 2.39. The van der Waals surface area contributed by atoms with Gasteiger partial charge in [0.25, 0.3) is 0 Å². The average Bonchev–Trinajstić information content (AvgIpc) is 3.45. The number of fused-ring (bicyclic) bond motifs is 1. The van der Waals surface area contributed by atoms with Crippen LogP contribution in [0.3, 0.4) is 0 Å². The molecular formula is C24H36N6OSSi. The van der Waals surface area contributed by atoms with Gasteiger partial charge in [0.05, 0.1) is 11.1 Å². The zero-order valence-electron chi connectivity index (χ0n) is 20.1. The molecule has 33 heavy (non-hydrogen) atoms. The third-order valence-corrected chi connectivity index (χ3v) is 9.25. The molecule has 0 saturated carbocycles. The molecule has 0 radical (unpaired) electrons. The van der Waals surface area contributed by atoms with Gasteiger partial charge in [-0.05, 0) is 55.9 Å². The second-order valence-electron chi connectivity index (χ2n) is 10.8. The summed E-state index contributed by atoms with van der Waals surface area (Å²) in [5, 5.41) is 5.02. The van der Waals surface area contributed by atoms with Crippen LogP contribution < -0.4 is 10.2 Å². The molecule has 3 aromatic rings. The summed E-state index contributed by atoms with van der Waals surface area (Å²) in [6, 6.07) is 3.34. The van der Waals surface area contributed by atoms with Crippen molar-refractivity contribution in [3.8, 4) is 11.4 Å². The number of aromatic nitrogens is 4. The van der Waals surface area contributed by atoms with E-state index in [1.54, 1.807) is 5.51 Å². The monoisotopic (exact) mass is 484 g/mol. The van der Waals surface area contributed by atoms with Gasteiger partial charge in [0, 0.05) is 51.3 Å². The van der Waals surface area contributed by atoms with Crippen LogP contribution in [0.5, 0.6) is 0 Å². The molecule has 0 bridgehead atoms. The van der Waals surface area contributed by atoms with Crippen LogP contribution in [0.15, 0.2) is 24.0 Å².